The minimum Gasteiger partial charge on any atom is -0.377 e. The van der Waals surface area contributed by atoms with E-state index in [1.54, 1.807) is 12.1 Å². The molecule has 1 aliphatic rings. The van der Waals surface area contributed by atoms with E-state index in [1.165, 1.54) is 0 Å². The van der Waals surface area contributed by atoms with Crippen molar-refractivity contribution in [3.63, 3.8) is 0 Å². The average Bonchev–Trinajstić information content (AvgIpc) is 2.00. The molecular weight excluding hydrogens is 246 g/mol. The van der Waals surface area contributed by atoms with Crippen molar-refractivity contribution in [1.82, 2.24) is 4.98 Å². The first-order valence-corrected chi connectivity index (χ1v) is 4.56. The summed E-state index contributed by atoms with van der Waals surface area (Å²) >= 11 is 11.6. The Balaban J connectivity index is 0.000000980. The molecule has 1 aromatic rings. The van der Waals surface area contributed by atoms with E-state index in [9.17, 15) is 0 Å². The highest BCUT2D eigenvalue weighted by atomic mass is 35.5. The first-order chi connectivity index (χ1) is 6.12. The maximum Gasteiger partial charge on any atom is 0.136 e. The van der Waals surface area contributed by atoms with Gasteiger partial charge in [-0.05, 0) is 6.07 Å². The topological polar surface area (TPSA) is 48.1 Å². The summed E-state index contributed by atoms with van der Waals surface area (Å²) in [6, 6.07) is 3.47. The number of pyridine rings is 1. The van der Waals surface area contributed by atoms with Crippen molar-refractivity contribution in [2.45, 2.75) is 5.54 Å². The number of hydrogen-bond donors (Lipinski definition) is 1. The maximum atomic E-state index is 5.98. The highest BCUT2D eigenvalue weighted by molar-refractivity contribution is 6.32. The Labute approximate surface area is 98.0 Å². The van der Waals surface area contributed by atoms with Gasteiger partial charge in [-0.25, -0.2) is 4.98 Å². The number of nitrogens with zero attached hydrogens (tertiary/aromatic N) is 1. The molecule has 0 aromatic carbocycles. The highest BCUT2D eigenvalue weighted by Crippen LogP contribution is 2.31. The van der Waals surface area contributed by atoms with E-state index < -0.39 is 5.54 Å². The molecule has 0 atom stereocenters. The van der Waals surface area contributed by atoms with Crippen LogP contribution < -0.4 is 5.73 Å². The monoisotopic (exact) mass is 254 g/mol. The van der Waals surface area contributed by atoms with Crippen LogP contribution in [0.3, 0.4) is 0 Å². The van der Waals surface area contributed by atoms with Gasteiger partial charge in [-0.15, -0.1) is 12.4 Å². The van der Waals surface area contributed by atoms with E-state index in [4.69, 9.17) is 33.7 Å². The molecule has 1 aromatic heterocycles. The molecule has 6 heteroatoms. The van der Waals surface area contributed by atoms with Crippen LogP contribution in [0, 0.1) is 0 Å². The Morgan fingerprint density at radius 1 is 1.36 bits per heavy atom. The number of rotatable bonds is 1. The average molecular weight is 256 g/mol. The minimum atomic E-state index is -0.478. The Kier molecular flexibility index (Phi) is 3.61. The van der Waals surface area contributed by atoms with Gasteiger partial charge in [0, 0.05) is 5.56 Å². The summed E-state index contributed by atoms with van der Waals surface area (Å²) in [5, 5.41) is 0.732. The van der Waals surface area contributed by atoms with Crippen LogP contribution >= 0.6 is 35.6 Å². The number of hydrogen-bond acceptors (Lipinski definition) is 3. The van der Waals surface area contributed by atoms with Crippen molar-refractivity contribution >= 4 is 35.6 Å². The van der Waals surface area contributed by atoms with Gasteiger partial charge in [-0.1, -0.05) is 29.3 Å². The Bertz CT molecular complexity index is 341. The standard InChI is InChI=1S/C8H8Cl2N2O.ClH/c9-6-2-1-5(7(10)12-6)8(11)3-13-4-8;/h1-2H,3-4,11H2;1H. The van der Waals surface area contributed by atoms with Crippen molar-refractivity contribution in [3.8, 4) is 0 Å². The summed E-state index contributed by atoms with van der Waals surface area (Å²) < 4.78 is 5.03. The third-order valence-electron chi connectivity index (χ3n) is 2.07. The third kappa shape index (κ3) is 1.97. The SMILES string of the molecule is Cl.NC1(c2ccc(Cl)nc2Cl)COC1. The molecule has 1 fully saturated rings. The van der Waals surface area contributed by atoms with Crippen LogP contribution in [0.5, 0.6) is 0 Å². The van der Waals surface area contributed by atoms with Crippen LogP contribution in [-0.4, -0.2) is 18.2 Å². The highest BCUT2D eigenvalue weighted by Gasteiger charge is 2.38. The van der Waals surface area contributed by atoms with Gasteiger partial charge in [-0.2, -0.15) is 0 Å². The number of ether oxygens (including phenoxy) is 1. The fraction of sp³-hybridized carbons (Fsp3) is 0.375. The second-order valence-electron chi connectivity index (χ2n) is 3.12. The van der Waals surface area contributed by atoms with Gasteiger partial charge in [0.05, 0.1) is 18.8 Å². The fourth-order valence-electron chi connectivity index (χ4n) is 1.26. The van der Waals surface area contributed by atoms with E-state index in [0.717, 1.165) is 5.56 Å². The van der Waals surface area contributed by atoms with E-state index in [0.29, 0.717) is 23.5 Å². The predicted octanol–water partition coefficient (Wildman–Crippen LogP) is 1.99. The summed E-state index contributed by atoms with van der Waals surface area (Å²) in [6.45, 7) is 0.964. The summed E-state index contributed by atoms with van der Waals surface area (Å²) in [4.78, 5) is 3.92. The zero-order chi connectivity index (χ0) is 9.47. The molecule has 78 valence electrons. The molecular formula is C8H9Cl3N2O. The summed E-state index contributed by atoms with van der Waals surface area (Å²) in [7, 11) is 0. The zero-order valence-corrected chi connectivity index (χ0v) is 9.49. The van der Waals surface area contributed by atoms with Crippen molar-refractivity contribution in [2.24, 2.45) is 5.73 Å². The molecule has 2 rings (SSSR count). The largest absolute Gasteiger partial charge is 0.377 e. The van der Waals surface area contributed by atoms with Gasteiger partial charge in [0.15, 0.2) is 0 Å². The molecule has 1 saturated heterocycles. The first-order valence-electron chi connectivity index (χ1n) is 3.81. The van der Waals surface area contributed by atoms with Crippen molar-refractivity contribution in [3.05, 3.63) is 28.0 Å². The van der Waals surface area contributed by atoms with Crippen molar-refractivity contribution in [2.75, 3.05) is 13.2 Å². The molecule has 2 heterocycles. The number of aromatic nitrogens is 1. The quantitative estimate of drug-likeness (QED) is 0.781. The van der Waals surface area contributed by atoms with E-state index in [-0.39, 0.29) is 12.4 Å². The van der Waals surface area contributed by atoms with Crippen LogP contribution in [0.2, 0.25) is 10.3 Å². The van der Waals surface area contributed by atoms with Gasteiger partial charge in [0.25, 0.3) is 0 Å². The minimum absolute atomic E-state index is 0. The van der Waals surface area contributed by atoms with Crippen LogP contribution in [0.25, 0.3) is 0 Å². The fourth-order valence-corrected chi connectivity index (χ4v) is 1.79. The van der Waals surface area contributed by atoms with Gasteiger partial charge in [0.2, 0.25) is 0 Å². The lowest BCUT2D eigenvalue weighted by atomic mass is 9.91. The lowest BCUT2D eigenvalue weighted by Crippen LogP contribution is -2.54. The Morgan fingerprint density at radius 2 is 2.00 bits per heavy atom. The Morgan fingerprint density at radius 3 is 2.43 bits per heavy atom. The summed E-state index contributed by atoms with van der Waals surface area (Å²) in [5.41, 5.74) is 6.30. The maximum absolute atomic E-state index is 5.98. The molecule has 14 heavy (non-hydrogen) atoms. The van der Waals surface area contributed by atoms with Crippen LogP contribution in [-0.2, 0) is 10.3 Å². The third-order valence-corrected chi connectivity index (χ3v) is 2.57. The second-order valence-corrected chi connectivity index (χ2v) is 3.87. The van der Waals surface area contributed by atoms with Crippen LogP contribution in [0.15, 0.2) is 12.1 Å². The van der Waals surface area contributed by atoms with Crippen molar-refractivity contribution in [1.29, 1.82) is 0 Å². The first kappa shape index (κ1) is 12.0. The van der Waals surface area contributed by atoms with Gasteiger partial charge < -0.3 is 10.5 Å². The lowest BCUT2D eigenvalue weighted by Gasteiger charge is -2.38. The van der Waals surface area contributed by atoms with E-state index in [2.05, 4.69) is 4.98 Å². The van der Waals surface area contributed by atoms with Crippen molar-refractivity contribution < 1.29 is 4.74 Å². The normalized spacial score (nSPS) is 18.2. The van der Waals surface area contributed by atoms with E-state index in [1.807, 2.05) is 0 Å². The number of halogens is 3. The van der Waals surface area contributed by atoms with E-state index >= 15 is 0 Å². The lowest BCUT2D eigenvalue weighted by molar-refractivity contribution is -0.0570. The smallest absolute Gasteiger partial charge is 0.136 e. The van der Waals surface area contributed by atoms with Gasteiger partial charge >= 0.3 is 0 Å². The van der Waals surface area contributed by atoms with Crippen LogP contribution in [0.4, 0.5) is 0 Å². The van der Waals surface area contributed by atoms with Crippen LogP contribution in [0.1, 0.15) is 5.56 Å². The molecule has 2 N–H and O–H groups in total. The summed E-state index contributed by atoms with van der Waals surface area (Å²) in [5.74, 6) is 0. The Hall–Kier alpha value is -0.0600. The number of nitrogens with two attached hydrogens (primary N) is 1. The molecule has 0 aliphatic carbocycles. The molecule has 0 radical (unpaired) electrons. The predicted molar refractivity (Wildman–Crippen MR) is 58.2 cm³/mol. The molecule has 0 saturated carbocycles. The zero-order valence-electron chi connectivity index (χ0n) is 7.17. The molecule has 0 spiro atoms. The molecule has 0 unspecified atom stereocenters. The molecule has 1 aliphatic heterocycles. The van der Waals surface area contributed by atoms with Gasteiger partial charge in [-0.3, -0.25) is 0 Å². The molecule has 0 bridgehead atoms. The van der Waals surface area contributed by atoms with Gasteiger partial charge in [0.1, 0.15) is 10.3 Å². The summed E-state index contributed by atoms with van der Waals surface area (Å²) in [6.07, 6.45) is 0. The molecule has 3 nitrogen and oxygen atoms in total. The molecule has 0 amide bonds. The second kappa shape index (κ2) is 4.21.